The van der Waals surface area contributed by atoms with Crippen molar-refractivity contribution in [3.63, 3.8) is 0 Å². The van der Waals surface area contributed by atoms with Gasteiger partial charge in [0.15, 0.2) is 0 Å². The van der Waals surface area contributed by atoms with Crippen molar-refractivity contribution < 1.29 is 0 Å². The minimum Gasteiger partial charge on any atom is -0.388 e. The van der Waals surface area contributed by atoms with Gasteiger partial charge in [-0.1, -0.05) is 6.92 Å². The number of likely N-dealkylation sites (tertiary alicyclic amines) is 1. The van der Waals surface area contributed by atoms with E-state index in [2.05, 4.69) is 35.1 Å². The highest BCUT2D eigenvalue weighted by atomic mass is 15.2. The molecule has 0 aromatic carbocycles. The highest BCUT2D eigenvalue weighted by molar-refractivity contribution is 5.42. The van der Waals surface area contributed by atoms with E-state index in [-0.39, 0.29) is 0 Å². The number of rotatable bonds is 4. The fourth-order valence-corrected chi connectivity index (χ4v) is 2.76. The lowest BCUT2D eigenvalue weighted by Gasteiger charge is -2.27. The molecule has 0 saturated carbocycles. The van der Waals surface area contributed by atoms with Gasteiger partial charge in [-0.05, 0) is 38.3 Å². The Balaban J connectivity index is 2.08. The molecule has 3 nitrogen and oxygen atoms in total. The Morgan fingerprint density at radius 1 is 1.47 bits per heavy atom. The Morgan fingerprint density at radius 2 is 2.29 bits per heavy atom. The number of nitrogens with zero attached hydrogens (tertiary/aromatic N) is 2. The van der Waals surface area contributed by atoms with E-state index in [1.807, 2.05) is 19.3 Å². The molecule has 1 aromatic rings. The smallest absolute Gasteiger partial charge is 0.0564 e. The summed E-state index contributed by atoms with van der Waals surface area (Å²) in [5.41, 5.74) is 2.32. The summed E-state index contributed by atoms with van der Waals surface area (Å²) < 4.78 is 0. The third-order valence-corrected chi connectivity index (χ3v) is 3.87. The Hall–Kier alpha value is -1.09. The normalized spacial score (nSPS) is 25.1. The lowest BCUT2D eigenvalue weighted by atomic mass is 10.1. The van der Waals surface area contributed by atoms with Gasteiger partial charge in [0.05, 0.1) is 5.69 Å². The fourth-order valence-electron chi connectivity index (χ4n) is 2.76. The summed E-state index contributed by atoms with van der Waals surface area (Å²) in [6.07, 6.45) is 5.80. The molecule has 1 fully saturated rings. The third-order valence-electron chi connectivity index (χ3n) is 3.87. The van der Waals surface area contributed by atoms with E-state index in [4.69, 9.17) is 0 Å². The van der Waals surface area contributed by atoms with E-state index in [1.165, 1.54) is 25.0 Å². The molecule has 1 aromatic heterocycles. The van der Waals surface area contributed by atoms with Gasteiger partial charge in [-0.25, -0.2) is 0 Å². The van der Waals surface area contributed by atoms with Gasteiger partial charge in [0.1, 0.15) is 0 Å². The SMILES string of the molecule is CCC1CCC(C)N1Cc1cc(NC)ccn1. The molecule has 2 heterocycles. The van der Waals surface area contributed by atoms with Crippen molar-refractivity contribution in [2.75, 3.05) is 12.4 Å². The third kappa shape index (κ3) is 2.78. The summed E-state index contributed by atoms with van der Waals surface area (Å²) >= 11 is 0. The number of aromatic nitrogens is 1. The maximum atomic E-state index is 4.47. The van der Waals surface area contributed by atoms with Gasteiger partial charge in [-0.15, -0.1) is 0 Å². The molecule has 0 bridgehead atoms. The largest absolute Gasteiger partial charge is 0.388 e. The maximum absolute atomic E-state index is 4.47. The number of nitrogens with one attached hydrogen (secondary N) is 1. The van der Waals surface area contributed by atoms with E-state index in [9.17, 15) is 0 Å². The van der Waals surface area contributed by atoms with E-state index >= 15 is 0 Å². The molecule has 17 heavy (non-hydrogen) atoms. The molecule has 1 N–H and O–H groups in total. The van der Waals surface area contributed by atoms with Gasteiger partial charge in [-0.2, -0.15) is 0 Å². The van der Waals surface area contributed by atoms with Gasteiger partial charge in [-0.3, -0.25) is 9.88 Å². The Kier molecular flexibility index (Phi) is 4.00. The molecule has 0 amide bonds. The van der Waals surface area contributed by atoms with Gasteiger partial charge < -0.3 is 5.32 Å². The first-order valence-electron chi connectivity index (χ1n) is 6.63. The molecule has 1 aliphatic heterocycles. The van der Waals surface area contributed by atoms with Crippen LogP contribution in [0.25, 0.3) is 0 Å². The Labute approximate surface area is 104 Å². The zero-order valence-corrected chi connectivity index (χ0v) is 11.1. The van der Waals surface area contributed by atoms with E-state index in [1.54, 1.807) is 0 Å². The van der Waals surface area contributed by atoms with Crippen molar-refractivity contribution in [1.29, 1.82) is 0 Å². The Bertz CT molecular complexity index is 364. The average Bonchev–Trinajstić information content (AvgIpc) is 2.71. The van der Waals surface area contributed by atoms with E-state index in [0.717, 1.165) is 18.3 Å². The van der Waals surface area contributed by atoms with Crippen molar-refractivity contribution in [2.45, 2.75) is 51.7 Å². The molecular formula is C14H23N3. The molecule has 2 atom stereocenters. The van der Waals surface area contributed by atoms with Crippen LogP contribution in [0, 0.1) is 0 Å². The van der Waals surface area contributed by atoms with Crippen LogP contribution in [0.3, 0.4) is 0 Å². The highest BCUT2D eigenvalue weighted by Crippen LogP contribution is 2.27. The summed E-state index contributed by atoms with van der Waals surface area (Å²) in [5.74, 6) is 0. The van der Waals surface area contributed by atoms with Crippen LogP contribution in [0.15, 0.2) is 18.3 Å². The first-order valence-corrected chi connectivity index (χ1v) is 6.63. The van der Waals surface area contributed by atoms with E-state index in [0.29, 0.717) is 6.04 Å². The average molecular weight is 233 g/mol. The van der Waals surface area contributed by atoms with Crippen LogP contribution in [-0.4, -0.2) is 29.0 Å². The zero-order valence-electron chi connectivity index (χ0n) is 11.1. The lowest BCUT2D eigenvalue weighted by molar-refractivity contribution is 0.187. The summed E-state index contributed by atoms with van der Waals surface area (Å²) in [5, 5.41) is 3.17. The number of hydrogen-bond donors (Lipinski definition) is 1. The van der Waals surface area contributed by atoms with Crippen molar-refractivity contribution >= 4 is 5.69 Å². The van der Waals surface area contributed by atoms with Crippen LogP contribution in [0.1, 0.15) is 38.8 Å². The summed E-state index contributed by atoms with van der Waals surface area (Å²) in [6, 6.07) is 5.59. The van der Waals surface area contributed by atoms with Crippen LogP contribution >= 0.6 is 0 Å². The van der Waals surface area contributed by atoms with Crippen LogP contribution in [0.4, 0.5) is 5.69 Å². The molecule has 3 heteroatoms. The molecule has 0 aliphatic carbocycles. The molecule has 0 radical (unpaired) electrons. The minimum atomic E-state index is 0.694. The van der Waals surface area contributed by atoms with Crippen molar-refractivity contribution in [3.8, 4) is 0 Å². The minimum absolute atomic E-state index is 0.694. The summed E-state index contributed by atoms with van der Waals surface area (Å²) in [7, 11) is 1.95. The molecule has 2 unspecified atom stereocenters. The van der Waals surface area contributed by atoms with Crippen molar-refractivity contribution in [3.05, 3.63) is 24.0 Å². The fraction of sp³-hybridized carbons (Fsp3) is 0.643. The zero-order chi connectivity index (χ0) is 12.3. The first kappa shape index (κ1) is 12.4. The molecule has 0 spiro atoms. The predicted molar refractivity (Wildman–Crippen MR) is 72.1 cm³/mol. The van der Waals surface area contributed by atoms with Crippen molar-refractivity contribution in [1.82, 2.24) is 9.88 Å². The van der Waals surface area contributed by atoms with Crippen LogP contribution in [-0.2, 0) is 6.54 Å². The molecule has 1 saturated heterocycles. The molecular weight excluding hydrogens is 210 g/mol. The van der Waals surface area contributed by atoms with Crippen LogP contribution in [0.5, 0.6) is 0 Å². The second-order valence-electron chi connectivity index (χ2n) is 4.95. The second kappa shape index (κ2) is 5.50. The summed E-state index contributed by atoms with van der Waals surface area (Å²) in [6.45, 7) is 5.60. The number of hydrogen-bond acceptors (Lipinski definition) is 3. The van der Waals surface area contributed by atoms with E-state index < -0.39 is 0 Å². The predicted octanol–water partition coefficient (Wildman–Crippen LogP) is 2.89. The monoisotopic (exact) mass is 233 g/mol. The van der Waals surface area contributed by atoms with Gasteiger partial charge in [0.2, 0.25) is 0 Å². The molecule has 94 valence electrons. The Morgan fingerprint density at radius 3 is 3.00 bits per heavy atom. The van der Waals surface area contributed by atoms with Gasteiger partial charge >= 0.3 is 0 Å². The first-order chi connectivity index (χ1) is 8.24. The van der Waals surface area contributed by atoms with Crippen molar-refractivity contribution in [2.24, 2.45) is 0 Å². The van der Waals surface area contributed by atoms with Crippen LogP contribution < -0.4 is 5.32 Å². The number of anilines is 1. The maximum Gasteiger partial charge on any atom is 0.0564 e. The lowest BCUT2D eigenvalue weighted by Crippen LogP contribution is -2.33. The number of pyridine rings is 1. The van der Waals surface area contributed by atoms with Gasteiger partial charge in [0.25, 0.3) is 0 Å². The molecule has 1 aliphatic rings. The second-order valence-corrected chi connectivity index (χ2v) is 4.95. The topological polar surface area (TPSA) is 28.2 Å². The summed E-state index contributed by atoms with van der Waals surface area (Å²) in [4.78, 5) is 7.07. The molecule has 2 rings (SSSR count). The van der Waals surface area contributed by atoms with Crippen LogP contribution in [0.2, 0.25) is 0 Å². The highest BCUT2D eigenvalue weighted by Gasteiger charge is 2.29. The van der Waals surface area contributed by atoms with Gasteiger partial charge in [0, 0.05) is 37.6 Å². The quantitative estimate of drug-likeness (QED) is 0.866. The standard InChI is InChI=1S/C14H23N3/c1-4-14-6-5-11(2)17(14)10-13-9-12(15-3)7-8-16-13/h7-9,11,14H,4-6,10H2,1-3H3,(H,15,16).